The van der Waals surface area contributed by atoms with Crippen LogP contribution in [0.15, 0.2) is 30.3 Å². The Bertz CT molecular complexity index is 581. The van der Waals surface area contributed by atoms with Gasteiger partial charge in [0.05, 0.1) is 6.54 Å². The Hall–Kier alpha value is -1.39. The molecule has 2 unspecified atom stereocenters. The predicted octanol–water partition coefficient (Wildman–Crippen LogP) is 3.24. The molecular formula is C21H30N2O2. The molecule has 136 valence electrons. The van der Waals surface area contributed by atoms with E-state index in [2.05, 4.69) is 40.5 Å². The van der Waals surface area contributed by atoms with E-state index in [1.807, 2.05) is 0 Å². The maximum absolute atomic E-state index is 11.1. The summed E-state index contributed by atoms with van der Waals surface area (Å²) in [7, 11) is 0. The van der Waals surface area contributed by atoms with Crippen LogP contribution in [0.1, 0.15) is 56.4 Å². The zero-order chi connectivity index (χ0) is 17.2. The fourth-order valence-electron chi connectivity index (χ4n) is 4.66. The van der Waals surface area contributed by atoms with Gasteiger partial charge >= 0.3 is 5.97 Å². The second-order valence-corrected chi connectivity index (χ2v) is 8.37. The number of rotatable bonds is 8. The molecule has 3 fully saturated rings. The van der Waals surface area contributed by atoms with E-state index in [1.54, 1.807) is 0 Å². The first-order valence-electron chi connectivity index (χ1n) is 9.94. The number of hydrogen-bond donors (Lipinski definition) is 2. The molecular weight excluding hydrogens is 312 g/mol. The molecule has 0 amide bonds. The monoisotopic (exact) mass is 342 g/mol. The van der Waals surface area contributed by atoms with Crippen LogP contribution in [0.2, 0.25) is 0 Å². The van der Waals surface area contributed by atoms with Crippen molar-refractivity contribution >= 4 is 5.97 Å². The lowest BCUT2D eigenvalue weighted by Gasteiger charge is -2.44. The molecule has 0 radical (unpaired) electrons. The van der Waals surface area contributed by atoms with Crippen molar-refractivity contribution in [3.8, 4) is 0 Å². The van der Waals surface area contributed by atoms with Gasteiger partial charge in [-0.05, 0) is 62.3 Å². The molecule has 1 aromatic rings. The highest BCUT2D eigenvalue weighted by Gasteiger charge is 2.38. The highest BCUT2D eigenvalue weighted by molar-refractivity contribution is 5.69. The van der Waals surface area contributed by atoms with Crippen molar-refractivity contribution < 1.29 is 9.90 Å². The van der Waals surface area contributed by atoms with Crippen LogP contribution in [0.25, 0.3) is 0 Å². The fraction of sp³-hybridized carbons (Fsp3) is 0.667. The van der Waals surface area contributed by atoms with Crippen LogP contribution in [-0.2, 0) is 4.79 Å². The lowest BCUT2D eigenvalue weighted by Crippen LogP contribution is -2.55. The van der Waals surface area contributed by atoms with Crippen molar-refractivity contribution in [1.82, 2.24) is 10.2 Å². The smallest absolute Gasteiger partial charge is 0.317 e. The second-order valence-electron chi connectivity index (χ2n) is 8.37. The minimum absolute atomic E-state index is 0.216. The van der Waals surface area contributed by atoms with Crippen LogP contribution in [0.4, 0.5) is 0 Å². The Balaban J connectivity index is 1.22. The maximum Gasteiger partial charge on any atom is 0.317 e. The largest absolute Gasteiger partial charge is 0.480 e. The van der Waals surface area contributed by atoms with Gasteiger partial charge < -0.3 is 10.4 Å². The summed E-state index contributed by atoms with van der Waals surface area (Å²) in [5.74, 6) is 0.777. The summed E-state index contributed by atoms with van der Waals surface area (Å²) in [5.41, 5.74) is 1.48. The van der Waals surface area contributed by atoms with Gasteiger partial charge in [-0.2, -0.15) is 0 Å². The quantitative estimate of drug-likeness (QED) is 0.761. The van der Waals surface area contributed by atoms with Crippen molar-refractivity contribution in [3.63, 3.8) is 0 Å². The Labute approximate surface area is 150 Å². The number of benzene rings is 1. The number of aliphatic carboxylic acids is 1. The summed E-state index contributed by atoms with van der Waals surface area (Å²) in [5, 5.41) is 13.0. The van der Waals surface area contributed by atoms with E-state index >= 15 is 0 Å². The van der Waals surface area contributed by atoms with Gasteiger partial charge in [-0.15, -0.1) is 0 Å². The second kappa shape index (κ2) is 7.46. The van der Waals surface area contributed by atoms with E-state index in [1.165, 1.54) is 37.7 Å². The van der Waals surface area contributed by atoms with Crippen LogP contribution in [0, 0.1) is 5.92 Å². The van der Waals surface area contributed by atoms with E-state index < -0.39 is 5.97 Å². The first kappa shape index (κ1) is 17.0. The Morgan fingerprint density at radius 2 is 1.80 bits per heavy atom. The van der Waals surface area contributed by atoms with Gasteiger partial charge in [0.1, 0.15) is 0 Å². The lowest BCUT2D eigenvalue weighted by molar-refractivity contribution is -0.139. The van der Waals surface area contributed by atoms with Gasteiger partial charge in [0.15, 0.2) is 0 Å². The molecule has 3 saturated carbocycles. The van der Waals surface area contributed by atoms with Gasteiger partial charge in [-0.25, -0.2) is 0 Å². The summed E-state index contributed by atoms with van der Waals surface area (Å²) in [6.07, 6.45) is 8.60. The summed E-state index contributed by atoms with van der Waals surface area (Å²) < 4.78 is 0. The van der Waals surface area contributed by atoms with E-state index in [4.69, 9.17) is 5.11 Å². The minimum Gasteiger partial charge on any atom is -0.480 e. The number of carboxylic acid groups (broad SMARTS) is 1. The average Bonchev–Trinajstić information content (AvgIpc) is 3.25. The van der Waals surface area contributed by atoms with Gasteiger partial charge in [0.25, 0.3) is 0 Å². The van der Waals surface area contributed by atoms with Crippen LogP contribution in [0.5, 0.6) is 0 Å². The zero-order valence-electron chi connectivity index (χ0n) is 14.9. The summed E-state index contributed by atoms with van der Waals surface area (Å²) in [6.45, 7) is 1.20. The third-order valence-electron chi connectivity index (χ3n) is 6.33. The molecule has 0 aromatic heterocycles. The normalized spacial score (nSPS) is 31.9. The topological polar surface area (TPSA) is 52.6 Å². The van der Waals surface area contributed by atoms with Gasteiger partial charge in [-0.1, -0.05) is 30.3 Å². The molecule has 4 rings (SSSR count). The molecule has 3 aliphatic carbocycles. The van der Waals surface area contributed by atoms with Crippen molar-refractivity contribution in [1.29, 1.82) is 0 Å². The minimum atomic E-state index is -0.682. The highest BCUT2D eigenvalue weighted by atomic mass is 16.4. The molecule has 0 saturated heterocycles. The van der Waals surface area contributed by atoms with Crippen LogP contribution in [-0.4, -0.2) is 47.2 Å². The van der Waals surface area contributed by atoms with E-state index in [0.717, 1.165) is 25.3 Å². The number of nitrogens with zero attached hydrogens (tertiary/aromatic N) is 1. The first-order chi connectivity index (χ1) is 12.2. The fourth-order valence-corrected chi connectivity index (χ4v) is 4.66. The van der Waals surface area contributed by atoms with E-state index in [0.29, 0.717) is 24.0 Å². The Kier molecular flexibility index (Phi) is 5.09. The molecule has 0 spiro atoms. The molecule has 4 heteroatoms. The van der Waals surface area contributed by atoms with Crippen molar-refractivity contribution in [2.75, 3.05) is 13.1 Å². The Morgan fingerprint density at radius 3 is 2.48 bits per heavy atom. The lowest BCUT2D eigenvalue weighted by atomic mass is 9.84. The third-order valence-corrected chi connectivity index (χ3v) is 6.33. The third kappa shape index (κ3) is 4.42. The van der Waals surface area contributed by atoms with Crippen molar-refractivity contribution in [3.05, 3.63) is 35.9 Å². The molecule has 25 heavy (non-hydrogen) atoms. The number of hydrogen-bond acceptors (Lipinski definition) is 3. The molecule has 2 atom stereocenters. The predicted molar refractivity (Wildman–Crippen MR) is 98.7 cm³/mol. The van der Waals surface area contributed by atoms with Gasteiger partial charge in [0, 0.05) is 24.7 Å². The number of carboxylic acids is 1. The highest BCUT2D eigenvalue weighted by Crippen LogP contribution is 2.37. The molecule has 3 aliphatic rings. The molecule has 4 nitrogen and oxygen atoms in total. The van der Waals surface area contributed by atoms with Crippen LogP contribution < -0.4 is 5.32 Å². The molecule has 2 N–H and O–H groups in total. The summed E-state index contributed by atoms with van der Waals surface area (Å²) in [6, 6.07) is 12.6. The SMILES string of the molecule is O=C(O)CN(CC1CC1)C1CC(NC2CCC(c3ccccc3)C2)C1. The summed E-state index contributed by atoms with van der Waals surface area (Å²) in [4.78, 5) is 13.4. The van der Waals surface area contributed by atoms with Gasteiger partial charge in [0.2, 0.25) is 0 Å². The standard InChI is InChI=1S/C21H30N2O2/c24-21(25)14-23(13-15-6-7-15)20-11-19(12-20)22-18-9-8-17(10-18)16-4-2-1-3-5-16/h1-5,15,17-20,22H,6-14H2,(H,24,25). The Morgan fingerprint density at radius 1 is 1.04 bits per heavy atom. The van der Waals surface area contributed by atoms with E-state index in [-0.39, 0.29) is 6.54 Å². The number of nitrogens with one attached hydrogen (secondary N) is 1. The first-order valence-corrected chi connectivity index (χ1v) is 9.94. The van der Waals surface area contributed by atoms with Crippen LogP contribution in [0.3, 0.4) is 0 Å². The van der Waals surface area contributed by atoms with Gasteiger partial charge in [-0.3, -0.25) is 9.69 Å². The molecule has 1 aromatic carbocycles. The van der Waals surface area contributed by atoms with Crippen molar-refractivity contribution in [2.45, 2.75) is 69.0 Å². The molecule has 0 heterocycles. The maximum atomic E-state index is 11.1. The van der Waals surface area contributed by atoms with E-state index in [9.17, 15) is 4.79 Å². The zero-order valence-corrected chi connectivity index (χ0v) is 14.9. The average molecular weight is 342 g/mol. The molecule has 0 bridgehead atoms. The number of carbonyl (C=O) groups is 1. The summed E-state index contributed by atoms with van der Waals surface area (Å²) >= 11 is 0. The molecule has 0 aliphatic heterocycles. The van der Waals surface area contributed by atoms with Crippen molar-refractivity contribution in [2.24, 2.45) is 5.92 Å². The van der Waals surface area contributed by atoms with Crippen LogP contribution >= 0.6 is 0 Å².